The first kappa shape index (κ1) is 46.7. The van der Waals surface area contributed by atoms with Crippen LogP contribution in [0.3, 0.4) is 0 Å². The number of likely N-dealkylation sites (N-methyl/N-ethyl adjacent to an activating group) is 1. The molecule has 0 aliphatic heterocycles. The Morgan fingerprint density at radius 3 is 1.79 bits per heavy atom. The molecule has 2 atom stereocenters. The van der Waals surface area contributed by atoms with E-state index in [0.717, 1.165) is 57.8 Å². The van der Waals surface area contributed by atoms with Gasteiger partial charge in [-0.3, -0.25) is 13.8 Å². The van der Waals surface area contributed by atoms with Crippen LogP contribution in [0, 0.1) is 0 Å². The van der Waals surface area contributed by atoms with Crippen LogP contribution in [0.25, 0.3) is 0 Å². The van der Waals surface area contributed by atoms with Crippen LogP contribution in [0.15, 0.2) is 36.5 Å². The summed E-state index contributed by atoms with van der Waals surface area (Å²) in [4.78, 5) is 22.7. The van der Waals surface area contributed by atoms with E-state index in [1.165, 1.54) is 70.6 Å². The van der Waals surface area contributed by atoms with Gasteiger partial charge < -0.3 is 18.9 Å². The molecule has 0 aromatic heterocycles. The van der Waals surface area contributed by atoms with E-state index in [-0.39, 0.29) is 25.8 Å². The minimum Gasteiger partial charge on any atom is -0.457 e. The van der Waals surface area contributed by atoms with Crippen molar-refractivity contribution in [2.24, 2.45) is 0 Å². The number of phosphoric ester groups is 1. The molecule has 0 bridgehead atoms. The molecular formula is C39H75NO7P+. The Kier molecular flexibility index (Phi) is 32.0. The lowest BCUT2D eigenvalue weighted by Crippen LogP contribution is -2.37. The van der Waals surface area contributed by atoms with Crippen molar-refractivity contribution in [1.82, 2.24) is 0 Å². The van der Waals surface area contributed by atoms with Gasteiger partial charge in [-0.15, -0.1) is 0 Å². The smallest absolute Gasteiger partial charge is 0.457 e. The van der Waals surface area contributed by atoms with Crippen LogP contribution in [0.5, 0.6) is 0 Å². The molecule has 1 N–H and O–H groups in total. The van der Waals surface area contributed by atoms with Crippen LogP contribution >= 0.6 is 7.82 Å². The van der Waals surface area contributed by atoms with Crippen molar-refractivity contribution >= 4 is 13.8 Å². The van der Waals surface area contributed by atoms with E-state index in [1.807, 2.05) is 21.1 Å². The summed E-state index contributed by atoms with van der Waals surface area (Å²) in [6, 6.07) is 0. The molecule has 2 unspecified atom stereocenters. The second kappa shape index (κ2) is 32.9. The van der Waals surface area contributed by atoms with Gasteiger partial charge in [-0.25, -0.2) is 4.57 Å². The number of carbonyl (C=O) groups excluding carboxylic acids is 1. The number of hydrogen-bond acceptors (Lipinski definition) is 6. The van der Waals surface area contributed by atoms with Gasteiger partial charge in [0.15, 0.2) is 0 Å². The second-order valence-corrected chi connectivity index (χ2v) is 15.4. The van der Waals surface area contributed by atoms with Gasteiger partial charge in [-0.05, 0) is 44.9 Å². The fourth-order valence-corrected chi connectivity index (χ4v) is 5.72. The number of ether oxygens (including phenoxy) is 2. The first-order chi connectivity index (χ1) is 23.1. The molecule has 0 fully saturated rings. The van der Waals surface area contributed by atoms with Gasteiger partial charge in [0, 0.05) is 13.0 Å². The zero-order valence-corrected chi connectivity index (χ0v) is 32.6. The van der Waals surface area contributed by atoms with E-state index in [2.05, 4.69) is 50.3 Å². The summed E-state index contributed by atoms with van der Waals surface area (Å²) >= 11 is 0. The Balaban J connectivity index is 4.35. The van der Waals surface area contributed by atoms with Gasteiger partial charge in [0.25, 0.3) is 0 Å². The highest BCUT2D eigenvalue weighted by molar-refractivity contribution is 7.47. The number of unbranched alkanes of at least 4 members (excludes halogenated alkanes) is 15. The Labute approximate surface area is 295 Å². The van der Waals surface area contributed by atoms with E-state index in [4.69, 9.17) is 18.5 Å². The Morgan fingerprint density at radius 1 is 0.667 bits per heavy atom. The highest BCUT2D eigenvalue weighted by Gasteiger charge is 2.26. The molecule has 9 heteroatoms. The Bertz CT molecular complexity index is 869. The largest absolute Gasteiger partial charge is 0.472 e. The molecule has 0 aliphatic carbocycles. The summed E-state index contributed by atoms with van der Waals surface area (Å²) in [6.45, 7) is 5.46. The first-order valence-corrected chi connectivity index (χ1v) is 20.7. The summed E-state index contributed by atoms with van der Waals surface area (Å²) in [7, 11) is 1.65. The van der Waals surface area contributed by atoms with Crippen molar-refractivity contribution < 1.29 is 37.3 Å². The molecule has 48 heavy (non-hydrogen) atoms. The van der Waals surface area contributed by atoms with Crippen molar-refractivity contribution in [2.75, 3.05) is 54.1 Å². The number of allylic oxidation sites excluding steroid dienone is 6. The summed E-state index contributed by atoms with van der Waals surface area (Å²) < 4.78 is 34.8. The highest BCUT2D eigenvalue weighted by Crippen LogP contribution is 2.43. The standard InChI is InChI=1S/C39H74NO7P/c1-6-8-10-12-14-16-18-20-22-24-26-28-30-32-39(41)47-38(37-46-48(42,43)45-35-33-40(3,4)5)36-44-34-31-29-27-25-23-21-19-17-15-13-11-9-7-2/h8,10,14,16,20,22,38H,6-7,9,11-13,15,17-19,21,23-37H2,1-5H3/p+1/b10-8-,16-14-,22-20-. The van der Waals surface area contributed by atoms with Crippen molar-refractivity contribution in [2.45, 2.75) is 155 Å². The third-order valence-electron chi connectivity index (χ3n) is 7.97. The molecule has 0 spiro atoms. The summed E-state index contributed by atoms with van der Waals surface area (Å²) in [5.41, 5.74) is 0. The zero-order valence-electron chi connectivity index (χ0n) is 31.7. The van der Waals surface area contributed by atoms with E-state index in [1.54, 1.807) is 0 Å². The molecule has 0 aromatic carbocycles. The molecule has 0 radical (unpaired) electrons. The number of hydrogen-bond donors (Lipinski definition) is 1. The maximum atomic E-state index is 12.6. The molecule has 8 nitrogen and oxygen atoms in total. The van der Waals surface area contributed by atoms with Crippen molar-refractivity contribution in [1.29, 1.82) is 0 Å². The minimum absolute atomic E-state index is 0.0831. The Morgan fingerprint density at radius 2 is 1.21 bits per heavy atom. The number of carbonyl (C=O) groups is 1. The van der Waals surface area contributed by atoms with Crippen molar-refractivity contribution in [3.05, 3.63) is 36.5 Å². The monoisotopic (exact) mass is 701 g/mol. The molecule has 0 rings (SSSR count). The van der Waals surface area contributed by atoms with E-state index < -0.39 is 13.9 Å². The van der Waals surface area contributed by atoms with Crippen LogP contribution in [0.1, 0.15) is 149 Å². The lowest BCUT2D eigenvalue weighted by Gasteiger charge is -2.24. The van der Waals surface area contributed by atoms with E-state index >= 15 is 0 Å². The molecule has 0 amide bonds. The van der Waals surface area contributed by atoms with Gasteiger partial charge in [0.2, 0.25) is 0 Å². The lowest BCUT2D eigenvalue weighted by molar-refractivity contribution is -0.870. The van der Waals surface area contributed by atoms with Crippen LogP contribution in [-0.4, -0.2) is 75.6 Å². The third kappa shape index (κ3) is 36.0. The predicted octanol–water partition coefficient (Wildman–Crippen LogP) is 10.7. The summed E-state index contributed by atoms with van der Waals surface area (Å²) in [6.07, 6.45) is 36.0. The van der Waals surface area contributed by atoms with Gasteiger partial charge in [0.05, 0.1) is 34.4 Å². The van der Waals surface area contributed by atoms with E-state index in [9.17, 15) is 14.3 Å². The van der Waals surface area contributed by atoms with Gasteiger partial charge in [0.1, 0.15) is 19.3 Å². The van der Waals surface area contributed by atoms with E-state index in [0.29, 0.717) is 24.1 Å². The van der Waals surface area contributed by atoms with Crippen molar-refractivity contribution in [3.63, 3.8) is 0 Å². The van der Waals surface area contributed by atoms with Crippen molar-refractivity contribution in [3.8, 4) is 0 Å². The molecule has 0 aliphatic rings. The average Bonchev–Trinajstić information content (AvgIpc) is 3.03. The maximum Gasteiger partial charge on any atom is 0.472 e. The molecule has 0 saturated carbocycles. The van der Waals surface area contributed by atoms with Crippen LogP contribution in [0.4, 0.5) is 0 Å². The molecule has 0 heterocycles. The number of nitrogens with zero attached hydrogens (tertiary/aromatic N) is 1. The molecule has 0 aromatic rings. The lowest BCUT2D eigenvalue weighted by atomic mass is 10.0. The number of quaternary nitrogens is 1. The first-order valence-electron chi connectivity index (χ1n) is 19.2. The minimum atomic E-state index is -4.27. The zero-order chi connectivity index (χ0) is 35.6. The average molecular weight is 701 g/mol. The highest BCUT2D eigenvalue weighted by atomic mass is 31.2. The fourth-order valence-electron chi connectivity index (χ4n) is 4.98. The summed E-state index contributed by atoms with van der Waals surface area (Å²) in [5, 5.41) is 0. The van der Waals surface area contributed by atoms with Crippen LogP contribution in [0.2, 0.25) is 0 Å². The number of rotatable bonds is 35. The van der Waals surface area contributed by atoms with Gasteiger partial charge in [-0.2, -0.15) is 0 Å². The topological polar surface area (TPSA) is 91.3 Å². The predicted molar refractivity (Wildman–Crippen MR) is 201 cm³/mol. The number of esters is 1. The maximum absolute atomic E-state index is 12.6. The van der Waals surface area contributed by atoms with Crippen LogP contribution < -0.4 is 0 Å². The normalized spacial score (nSPS) is 14.4. The Hall–Kier alpha value is -1.28. The molecule has 0 saturated heterocycles. The fraction of sp³-hybridized carbons (Fsp3) is 0.821. The second-order valence-electron chi connectivity index (χ2n) is 13.9. The quantitative estimate of drug-likeness (QED) is 0.0231. The third-order valence-corrected chi connectivity index (χ3v) is 8.95. The molecular weight excluding hydrogens is 625 g/mol. The van der Waals surface area contributed by atoms with Crippen LogP contribution in [-0.2, 0) is 27.9 Å². The van der Waals surface area contributed by atoms with Gasteiger partial charge >= 0.3 is 13.8 Å². The molecule has 282 valence electrons. The summed E-state index contributed by atoms with van der Waals surface area (Å²) in [5.74, 6) is -0.343. The van der Waals surface area contributed by atoms with Gasteiger partial charge in [-0.1, -0.05) is 134 Å². The number of phosphoric acid groups is 1. The SMILES string of the molecule is CC/C=C\C/C=C\C/C=C\CCCCCC(=O)OC(COCCCCCCCCCCCCCCC)COP(=O)(O)OCC[N+](C)(C)C.